The first-order valence-corrected chi connectivity index (χ1v) is 10.9. The Labute approximate surface area is 175 Å². The van der Waals surface area contributed by atoms with Crippen LogP contribution in [0.5, 0.6) is 0 Å². The van der Waals surface area contributed by atoms with Crippen molar-refractivity contribution in [2.45, 2.75) is 25.8 Å². The molecule has 0 bridgehead atoms. The van der Waals surface area contributed by atoms with Gasteiger partial charge in [0.05, 0.1) is 19.4 Å². The molecule has 4 heterocycles. The number of carbonyl (C=O) groups is 1. The van der Waals surface area contributed by atoms with Crippen molar-refractivity contribution >= 4 is 23.0 Å². The molecule has 162 valence electrons. The fraction of sp³-hybridized carbons (Fsp3) is 0.714. The third kappa shape index (κ3) is 3.54. The summed E-state index contributed by atoms with van der Waals surface area (Å²) in [5.74, 6) is 1.91. The fourth-order valence-corrected chi connectivity index (χ4v) is 5.17. The average molecular weight is 415 g/mol. The number of esters is 1. The van der Waals surface area contributed by atoms with Crippen LogP contribution in [0.2, 0.25) is 0 Å². The molecule has 2 saturated heterocycles. The second-order valence-electron chi connectivity index (χ2n) is 8.87. The predicted molar refractivity (Wildman–Crippen MR) is 109 cm³/mol. The van der Waals surface area contributed by atoms with Crippen LogP contribution in [-0.4, -0.2) is 70.6 Å². The number of aliphatic hydroxyl groups is 1. The second-order valence-corrected chi connectivity index (χ2v) is 8.87. The average Bonchev–Trinajstić information content (AvgIpc) is 3.18. The molecule has 2 aliphatic heterocycles. The number of anilines is 1. The molecule has 0 spiro atoms. The quantitative estimate of drug-likeness (QED) is 0.671. The largest absolute Gasteiger partial charge is 0.469 e. The van der Waals surface area contributed by atoms with E-state index in [1.165, 1.54) is 20.0 Å². The van der Waals surface area contributed by atoms with Crippen molar-refractivity contribution in [2.75, 3.05) is 44.9 Å². The zero-order valence-electron chi connectivity index (χ0n) is 17.3. The predicted octanol–water partition coefficient (Wildman–Crippen LogP) is 1.11. The summed E-state index contributed by atoms with van der Waals surface area (Å²) in [5, 5.41) is 9.90. The molecule has 1 N–H and O–H groups in total. The zero-order valence-corrected chi connectivity index (χ0v) is 17.3. The van der Waals surface area contributed by atoms with Crippen LogP contribution >= 0.6 is 0 Å². The van der Waals surface area contributed by atoms with Crippen LogP contribution in [0.25, 0.3) is 11.2 Å². The lowest BCUT2D eigenvalue weighted by atomic mass is 9.92. The number of methoxy groups -OCH3 is 1. The van der Waals surface area contributed by atoms with Gasteiger partial charge in [0.25, 0.3) is 0 Å². The summed E-state index contributed by atoms with van der Waals surface area (Å²) in [4.78, 5) is 28.1. The van der Waals surface area contributed by atoms with Crippen molar-refractivity contribution in [3.05, 3.63) is 12.7 Å². The molecule has 3 fully saturated rings. The molecule has 2 aromatic heterocycles. The maximum Gasteiger partial charge on any atom is 0.310 e. The Morgan fingerprint density at radius 3 is 2.87 bits per heavy atom. The lowest BCUT2D eigenvalue weighted by Crippen LogP contribution is -2.26. The number of imidazole rings is 1. The highest BCUT2D eigenvalue weighted by Crippen LogP contribution is 2.45. The molecule has 0 amide bonds. The van der Waals surface area contributed by atoms with Crippen molar-refractivity contribution in [3.8, 4) is 0 Å². The van der Waals surface area contributed by atoms with E-state index in [4.69, 9.17) is 9.47 Å². The summed E-state index contributed by atoms with van der Waals surface area (Å²) in [6.45, 7) is 3.61. The van der Waals surface area contributed by atoms with E-state index >= 15 is 0 Å². The molecule has 0 aromatic carbocycles. The SMILES string of the molecule is COC(=O)[C@@H]1CN(c2ncnc3c2ncn3CC(CO)C2CCOC2)C[C@H]1C1CC1. The molecule has 30 heavy (non-hydrogen) atoms. The van der Waals surface area contributed by atoms with E-state index in [2.05, 4.69) is 19.9 Å². The minimum absolute atomic E-state index is 0.109. The summed E-state index contributed by atoms with van der Waals surface area (Å²) in [5.41, 5.74) is 1.51. The van der Waals surface area contributed by atoms with Crippen LogP contribution < -0.4 is 4.90 Å². The Bertz CT molecular complexity index is 908. The first-order valence-electron chi connectivity index (χ1n) is 10.9. The van der Waals surface area contributed by atoms with Crippen LogP contribution in [0.1, 0.15) is 19.3 Å². The topological polar surface area (TPSA) is 103 Å². The standard InChI is InChI=1S/C21H29N5O4/c1-29-21(28)17-8-25(7-16(17)13-2-3-13)19-18-20(23-11-22-19)26(12-24-18)6-15(9-27)14-4-5-30-10-14/h11-17,27H,2-10H2,1H3/t14?,15?,16-,17+/m0/s1. The van der Waals surface area contributed by atoms with Gasteiger partial charge in [0.1, 0.15) is 6.33 Å². The maximum absolute atomic E-state index is 12.3. The summed E-state index contributed by atoms with van der Waals surface area (Å²) in [6.07, 6.45) is 6.71. The molecule has 9 heteroatoms. The lowest BCUT2D eigenvalue weighted by molar-refractivity contribution is -0.146. The van der Waals surface area contributed by atoms with Crippen LogP contribution in [0.15, 0.2) is 12.7 Å². The molecule has 2 unspecified atom stereocenters. The highest BCUT2D eigenvalue weighted by atomic mass is 16.5. The second kappa shape index (κ2) is 8.11. The molecule has 9 nitrogen and oxygen atoms in total. The van der Waals surface area contributed by atoms with Crippen LogP contribution in [0.3, 0.4) is 0 Å². The van der Waals surface area contributed by atoms with Crippen molar-refractivity contribution in [2.24, 2.45) is 29.6 Å². The van der Waals surface area contributed by atoms with Gasteiger partial charge in [-0.2, -0.15) is 0 Å². The van der Waals surface area contributed by atoms with Gasteiger partial charge in [-0.05, 0) is 37.0 Å². The number of hydrogen-bond donors (Lipinski definition) is 1. The fourth-order valence-electron chi connectivity index (χ4n) is 5.17. The number of hydrogen-bond acceptors (Lipinski definition) is 8. The highest BCUT2D eigenvalue weighted by molar-refractivity contribution is 5.84. The number of aromatic nitrogens is 4. The molecule has 1 saturated carbocycles. The summed E-state index contributed by atoms with van der Waals surface area (Å²) >= 11 is 0. The van der Waals surface area contributed by atoms with Gasteiger partial charge in [0.15, 0.2) is 17.0 Å². The van der Waals surface area contributed by atoms with Gasteiger partial charge in [-0.1, -0.05) is 0 Å². The highest BCUT2D eigenvalue weighted by Gasteiger charge is 2.46. The smallest absolute Gasteiger partial charge is 0.310 e. The van der Waals surface area contributed by atoms with Crippen LogP contribution in [-0.2, 0) is 20.8 Å². The van der Waals surface area contributed by atoms with E-state index in [1.54, 1.807) is 12.7 Å². The molecule has 0 radical (unpaired) electrons. The Balaban J connectivity index is 1.40. The number of rotatable bonds is 7. The van der Waals surface area contributed by atoms with Crippen molar-refractivity contribution in [3.63, 3.8) is 0 Å². The zero-order chi connectivity index (χ0) is 20.7. The van der Waals surface area contributed by atoms with Gasteiger partial charge in [0.2, 0.25) is 0 Å². The van der Waals surface area contributed by atoms with Gasteiger partial charge in [-0.3, -0.25) is 4.79 Å². The van der Waals surface area contributed by atoms with Gasteiger partial charge in [-0.25, -0.2) is 15.0 Å². The summed E-state index contributed by atoms with van der Waals surface area (Å²) in [7, 11) is 1.46. The number of nitrogens with zero attached hydrogens (tertiary/aromatic N) is 5. The number of ether oxygens (including phenoxy) is 2. The Kier molecular flexibility index (Phi) is 5.32. The Morgan fingerprint density at radius 1 is 1.30 bits per heavy atom. The summed E-state index contributed by atoms with van der Waals surface area (Å²) < 4.78 is 12.6. The Morgan fingerprint density at radius 2 is 2.17 bits per heavy atom. The monoisotopic (exact) mass is 415 g/mol. The molecular formula is C21H29N5O4. The molecule has 5 rings (SSSR count). The normalized spacial score (nSPS) is 27.7. The number of carbonyl (C=O) groups excluding carboxylic acids is 1. The van der Waals surface area contributed by atoms with Gasteiger partial charge < -0.3 is 24.0 Å². The van der Waals surface area contributed by atoms with Crippen molar-refractivity contribution in [1.82, 2.24) is 19.5 Å². The minimum atomic E-state index is -0.130. The van der Waals surface area contributed by atoms with E-state index in [0.29, 0.717) is 37.5 Å². The van der Waals surface area contributed by atoms with Gasteiger partial charge in [0, 0.05) is 45.4 Å². The van der Waals surface area contributed by atoms with Gasteiger partial charge in [-0.15, -0.1) is 0 Å². The van der Waals surface area contributed by atoms with Crippen molar-refractivity contribution < 1.29 is 19.4 Å². The van der Waals surface area contributed by atoms with E-state index in [0.717, 1.165) is 36.6 Å². The van der Waals surface area contributed by atoms with Crippen LogP contribution in [0, 0.1) is 29.6 Å². The maximum atomic E-state index is 12.3. The molecule has 2 aromatic rings. The van der Waals surface area contributed by atoms with E-state index in [-0.39, 0.29) is 24.4 Å². The third-order valence-electron chi connectivity index (χ3n) is 7.08. The summed E-state index contributed by atoms with van der Waals surface area (Å²) in [6, 6.07) is 0. The third-order valence-corrected chi connectivity index (χ3v) is 7.08. The van der Waals surface area contributed by atoms with E-state index in [9.17, 15) is 9.90 Å². The molecule has 1 aliphatic carbocycles. The molecule has 3 aliphatic rings. The van der Waals surface area contributed by atoms with Crippen LogP contribution in [0.4, 0.5) is 5.82 Å². The molecule has 4 atom stereocenters. The van der Waals surface area contributed by atoms with E-state index in [1.807, 2.05) is 4.57 Å². The van der Waals surface area contributed by atoms with E-state index < -0.39 is 0 Å². The number of fused-ring (bicyclic) bond motifs is 1. The van der Waals surface area contributed by atoms with Gasteiger partial charge >= 0.3 is 5.97 Å². The number of aliphatic hydroxyl groups excluding tert-OH is 1. The van der Waals surface area contributed by atoms with Crippen molar-refractivity contribution in [1.29, 1.82) is 0 Å². The first kappa shape index (κ1) is 19.7. The first-order chi connectivity index (χ1) is 14.7. The lowest BCUT2D eigenvalue weighted by Gasteiger charge is -2.21. The molecular weight excluding hydrogens is 386 g/mol. The minimum Gasteiger partial charge on any atom is -0.469 e. The Hall–Kier alpha value is -2.26.